The van der Waals surface area contributed by atoms with E-state index in [2.05, 4.69) is 24.3 Å². The van der Waals surface area contributed by atoms with Crippen molar-refractivity contribution < 1.29 is 17.9 Å². The van der Waals surface area contributed by atoms with Crippen LogP contribution in [0.25, 0.3) is 11.4 Å². The number of aromatic nitrogens is 3. The molecule has 0 amide bonds. The molecular formula is C15H18ClF2N4O2P. The fourth-order valence-corrected chi connectivity index (χ4v) is 5.00. The van der Waals surface area contributed by atoms with Crippen molar-refractivity contribution in [2.24, 2.45) is 0 Å². The Kier molecular flexibility index (Phi) is 5.23. The number of piperidine rings is 1. The number of hydrogen-bond acceptors (Lipinski definition) is 5. The second kappa shape index (κ2) is 7.09. The second-order valence-corrected chi connectivity index (χ2v) is 9.64. The maximum atomic E-state index is 13.0. The number of pyridine rings is 1. The van der Waals surface area contributed by atoms with Gasteiger partial charge in [0.1, 0.15) is 0 Å². The Balaban J connectivity index is 1.72. The van der Waals surface area contributed by atoms with Gasteiger partial charge in [-0.05, 0) is 36.6 Å². The molecule has 2 aromatic rings. The van der Waals surface area contributed by atoms with Crippen LogP contribution in [0.3, 0.4) is 0 Å². The Bertz CT molecular complexity index is 773. The Labute approximate surface area is 149 Å². The molecule has 0 aliphatic carbocycles. The molecule has 1 fully saturated rings. The third-order valence-corrected chi connectivity index (χ3v) is 6.81. The quantitative estimate of drug-likeness (QED) is 0.559. The minimum atomic E-state index is -3.71. The van der Waals surface area contributed by atoms with Crippen LogP contribution in [0.1, 0.15) is 30.8 Å². The number of alkyl halides is 3. The lowest BCUT2D eigenvalue weighted by molar-refractivity contribution is 0.0551. The van der Waals surface area contributed by atoms with Crippen LogP contribution in [0.15, 0.2) is 22.9 Å². The van der Waals surface area contributed by atoms with Crippen LogP contribution in [0.5, 0.6) is 0 Å². The molecule has 0 bridgehead atoms. The molecular weight excluding hydrogens is 373 g/mol. The predicted octanol–water partition coefficient (Wildman–Crippen LogP) is 4.31. The van der Waals surface area contributed by atoms with Crippen molar-refractivity contribution in [2.45, 2.75) is 30.8 Å². The van der Waals surface area contributed by atoms with E-state index in [4.69, 9.17) is 11.6 Å². The van der Waals surface area contributed by atoms with E-state index in [1.807, 2.05) is 0 Å². The van der Waals surface area contributed by atoms with E-state index in [0.29, 0.717) is 17.4 Å². The molecule has 136 valence electrons. The Morgan fingerprint density at radius 2 is 2.04 bits per heavy atom. The van der Waals surface area contributed by atoms with E-state index in [-0.39, 0.29) is 5.82 Å². The molecule has 2 aromatic heterocycles. The highest BCUT2D eigenvalue weighted by atomic mass is 35.5. The molecule has 0 radical (unpaired) electrons. The molecule has 1 aliphatic heterocycles. The van der Waals surface area contributed by atoms with Crippen LogP contribution >= 0.6 is 18.9 Å². The summed E-state index contributed by atoms with van der Waals surface area (Å²) in [4.78, 5) is 7.83. The smallest absolute Gasteiger partial charge is 0.331 e. The van der Waals surface area contributed by atoms with Gasteiger partial charge in [0.2, 0.25) is 5.82 Å². The highest BCUT2D eigenvalue weighted by molar-refractivity contribution is 7.59. The van der Waals surface area contributed by atoms with Crippen LogP contribution in [-0.4, -0.2) is 39.5 Å². The van der Waals surface area contributed by atoms with Gasteiger partial charge >= 0.3 is 11.3 Å². The topological polar surface area (TPSA) is 72.1 Å². The monoisotopic (exact) mass is 390 g/mol. The number of halogens is 3. The van der Waals surface area contributed by atoms with Gasteiger partial charge in [0.15, 0.2) is 7.29 Å². The zero-order chi connectivity index (χ0) is 18.1. The van der Waals surface area contributed by atoms with Gasteiger partial charge in [-0.2, -0.15) is 13.8 Å². The first-order chi connectivity index (χ1) is 11.8. The van der Waals surface area contributed by atoms with Crippen molar-refractivity contribution >= 4 is 18.9 Å². The third-order valence-electron chi connectivity index (χ3n) is 4.14. The van der Waals surface area contributed by atoms with E-state index in [1.54, 1.807) is 18.8 Å². The largest absolute Gasteiger partial charge is 0.400 e. The van der Waals surface area contributed by atoms with Gasteiger partial charge in [-0.15, -0.1) is 0 Å². The van der Waals surface area contributed by atoms with Crippen molar-refractivity contribution in [3.05, 3.63) is 29.9 Å². The standard InChI is InChI=1S/C15H18ClF2N4O2P/c1-25(23,22-7-3-2-4-8-22)10-12-6-5-11(9-19-12)13-20-14(24-21-13)15(16,17)18/h5-6,9H,2-4,7-8,10H2,1H3. The van der Waals surface area contributed by atoms with E-state index in [1.165, 1.54) is 12.6 Å². The van der Waals surface area contributed by atoms with Crippen molar-refractivity contribution in [1.82, 2.24) is 19.8 Å². The van der Waals surface area contributed by atoms with Crippen LogP contribution in [-0.2, 0) is 16.1 Å². The van der Waals surface area contributed by atoms with Gasteiger partial charge in [-0.25, -0.2) is 0 Å². The van der Waals surface area contributed by atoms with E-state index in [9.17, 15) is 13.3 Å². The molecule has 25 heavy (non-hydrogen) atoms. The summed E-state index contributed by atoms with van der Waals surface area (Å²) in [7, 11) is -2.49. The Hall–Kier alpha value is -1.37. The van der Waals surface area contributed by atoms with Crippen molar-refractivity contribution in [3.8, 4) is 11.4 Å². The maximum absolute atomic E-state index is 13.0. The van der Waals surface area contributed by atoms with Crippen molar-refractivity contribution in [2.75, 3.05) is 19.8 Å². The SMILES string of the molecule is CP(=O)(Cc1ccc(-c2noc(C(F)(F)Cl)n2)cn1)N1CCCCC1. The zero-order valence-corrected chi connectivity index (χ0v) is 15.3. The lowest BCUT2D eigenvalue weighted by Gasteiger charge is -2.32. The summed E-state index contributed by atoms with van der Waals surface area (Å²) in [5.41, 5.74) is 1.09. The van der Waals surface area contributed by atoms with Crippen molar-refractivity contribution in [1.29, 1.82) is 0 Å². The molecule has 0 N–H and O–H groups in total. The third kappa shape index (κ3) is 4.43. The van der Waals surface area contributed by atoms with Gasteiger partial charge in [-0.3, -0.25) is 9.65 Å². The minimum Gasteiger partial charge on any atom is -0.331 e. The molecule has 3 rings (SSSR count). The lowest BCUT2D eigenvalue weighted by Crippen LogP contribution is -2.27. The summed E-state index contributed by atoms with van der Waals surface area (Å²) in [6.07, 6.45) is 5.12. The van der Waals surface area contributed by atoms with Gasteiger partial charge in [0.05, 0.1) is 6.16 Å². The average Bonchev–Trinajstić information content (AvgIpc) is 3.06. The molecule has 10 heteroatoms. The highest BCUT2D eigenvalue weighted by Crippen LogP contribution is 2.49. The summed E-state index contributed by atoms with van der Waals surface area (Å²) < 4.78 is 45.3. The molecule has 1 unspecified atom stereocenters. The molecule has 3 heterocycles. The van der Waals surface area contributed by atoms with E-state index in [0.717, 1.165) is 25.9 Å². The first-order valence-corrected chi connectivity index (χ1v) is 10.6. The van der Waals surface area contributed by atoms with Gasteiger partial charge in [0, 0.05) is 37.2 Å². The predicted molar refractivity (Wildman–Crippen MR) is 89.9 cm³/mol. The first-order valence-electron chi connectivity index (χ1n) is 7.94. The average molecular weight is 391 g/mol. The van der Waals surface area contributed by atoms with Crippen LogP contribution in [0.4, 0.5) is 8.78 Å². The van der Waals surface area contributed by atoms with E-state index < -0.39 is 18.6 Å². The van der Waals surface area contributed by atoms with Gasteiger partial charge < -0.3 is 9.09 Å². The number of hydrogen-bond donors (Lipinski definition) is 0. The summed E-state index contributed by atoms with van der Waals surface area (Å²) in [5, 5.41) is -0.229. The lowest BCUT2D eigenvalue weighted by atomic mass is 10.2. The molecule has 0 saturated carbocycles. The van der Waals surface area contributed by atoms with Gasteiger partial charge in [0.25, 0.3) is 0 Å². The maximum Gasteiger partial charge on any atom is 0.400 e. The van der Waals surface area contributed by atoms with Crippen molar-refractivity contribution in [3.63, 3.8) is 0 Å². The highest BCUT2D eigenvalue weighted by Gasteiger charge is 2.35. The number of rotatable bonds is 5. The van der Waals surface area contributed by atoms with Crippen LogP contribution in [0, 0.1) is 0 Å². The minimum absolute atomic E-state index is 0.0231. The fourth-order valence-electron chi connectivity index (χ4n) is 2.81. The molecule has 1 aliphatic rings. The normalized spacial score (nSPS) is 18.9. The molecule has 0 aromatic carbocycles. The summed E-state index contributed by atoms with van der Waals surface area (Å²) >= 11 is 4.85. The molecule has 1 atom stereocenters. The summed E-state index contributed by atoms with van der Waals surface area (Å²) in [6.45, 7) is 3.48. The fraction of sp³-hybridized carbons (Fsp3) is 0.533. The molecule has 1 saturated heterocycles. The summed E-state index contributed by atoms with van der Waals surface area (Å²) in [5.74, 6) is -0.985. The summed E-state index contributed by atoms with van der Waals surface area (Å²) in [6, 6.07) is 3.34. The first kappa shape index (κ1) is 18.4. The van der Waals surface area contributed by atoms with Crippen LogP contribution < -0.4 is 0 Å². The zero-order valence-electron chi connectivity index (χ0n) is 13.7. The Morgan fingerprint density at radius 1 is 1.32 bits per heavy atom. The Morgan fingerprint density at radius 3 is 2.60 bits per heavy atom. The molecule has 6 nitrogen and oxygen atoms in total. The molecule has 0 spiro atoms. The second-order valence-electron chi connectivity index (χ2n) is 6.18. The van der Waals surface area contributed by atoms with Crippen LogP contribution in [0.2, 0.25) is 0 Å². The van der Waals surface area contributed by atoms with E-state index >= 15 is 0 Å². The number of nitrogens with zero attached hydrogens (tertiary/aromatic N) is 4. The van der Waals surface area contributed by atoms with Gasteiger partial charge in [-0.1, -0.05) is 11.6 Å².